The van der Waals surface area contributed by atoms with Crippen molar-refractivity contribution in [3.05, 3.63) is 59.4 Å². The van der Waals surface area contributed by atoms with Crippen LogP contribution in [0.25, 0.3) is 11.0 Å². The van der Waals surface area contributed by atoms with Gasteiger partial charge in [-0.3, -0.25) is 9.69 Å². The lowest BCUT2D eigenvalue weighted by Crippen LogP contribution is -2.44. The summed E-state index contributed by atoms with van der Waals surface area (Å²) in [5.74, 6) is 0.991. The van der Waals surface area contributed by atoms with Gasteiger partial charge in [0.15, 0.2) is 0 Å². The zero-order valence-corrected chi connectivity index (χ0v) is 20.0. The number of imidazole rings is 1. The van der Waals surface area contributed by atoms with Crippen LogP contribution in [0.1, 0.15) is 49.4 Å². The van der Waals surface area contributed by atoms with E-state index in [4.69, 9.17) is 4.98 Å². The zero-order chi connectivity index (χ0) is 22.9. The molecule has 3 aromatic rings. The molecule has 0 aliphatic carbocycles. The SMILES string of the molecule is CCn1c(CN2CCN(C)CC2)nc2cc(NC(=O)c3ccc(C(C)(C)C)cc3)ccc21. The Labute approximate surface area is 191 Å². The van der Waals surface area contributed by atoms with Crippen LogP contribution in [-0.4, -0.2) is 58.5 Å². The van der Waals surface area contributed by atoms with Gasteiger partial charge in [-0.2, -0.15) is 0 Å². The highest BCUT2D eigenvalue weighted by Gasteiger charge is 2.18. The van der Waals surface area contributed by atoms with E-state index in [1.807, 2.05) is 36.4 Å². The van der Waals surface area contributed by atoms with Crippen molar-refractivity contribution < 1.29 is 4.79 Å². The second kappa shape index (κ2) is 9.04. The summed E-state index contributed by atoms with van der Waals surface area (Å²) in [4.78, 5) is 22.5. The number of amides is 1. The molecule has 0 atom stereocenters. The minimum Gasteiger partial charge on any atom is -0.327 e. The number of fused-ring (bicyclic) bond motifs is 1. The number of anilines is 1. The first-order chi connectivity index (χ1) is 15.2. The van der Waals surface area contributed by atoms with Crippen LogP contribution in [0.15, 0.2) is 42.5 Å². The quantitative estimate of drug-likeness (QED) is 0.650. The number of aryl methyl sites for hydroxylation is 1. The van der Waals surface area contributed by atoms with Gasteiger partial charge < -0.3 is 14.8 Å². The number of carbonyl (C=O) groups is 1. The predicted octanol–water partition coefficient (Wildman–Crippen LogP) is 4.35. The van der Waals surface area contributed by atoms with Crippen molar-refractivity contribution in [3.63, 3.8) is 0 Å². The van der Waals surface area contributed by atoms with E-state index in [1.165, 1.54) is 5.56 Å². The first kappa shape index (κ1) is 22.5. The topological polar surface area (TPSA) is 53.4 Å². The average Bonchev–Trinajstić information content (AvgIpc) is 3.11. The van der Waals surface area contributed by atoms with E-state index in [2.05, 4.69) is 60.5 Å². The van der Waals surface area contributed by atoms with Gasteiger partial charge in [0.2, 0.25) is 0 Å². The Kier molecular flexibility index (Phi) is 6.35. The number of hydrogen-bond acceptors (Lipinski definition) is 4. The summed E-state index contributed by atoms with van der Waals surface area (Å²) in [7, 11) is 2.17. The molecule has 4 rings (SSSR count). The number of piperazine rings is 1. The van der Waals surface area contributed by atoms with Gasteiger partial charge >= 0.3 is 0 Å². The summed E-state index contributed by atoms with van der Waals surface area (Å²) in [6.07, 6.45) is 0. The number of hydrogen-bond donors (Lipinski definition) is 1. The first-order valence-electron chi connectivity index (χ1n) is 11.6. The van der Waals surface area contributed by atoms with E-state index in [-0.39, 0.29) is 11.3 Å². The molecule has 6 nitrogen and oxygen atoms in total. The molecule has 0 unspecified atom stereocenters. The molecular formula is C26H35N5O. The van der Waals surface area contributed by atoms with Crippen LogP contribution in [0.4, 0.5) is 5.69 Å². The van der Waals surface area contributed by atoms with Gasteiger partial charge in [-0.05, 0) is 55.3 Å². The number of nitrogens with zero attached hydrogens (tertiary/aromatic N) is 4. The molecule has 1 aromatic heterocycles. The number of rotatable bonds is 5. The van der Waals surface area contributed by atoms with Crippen molar-refractivity contribution in [2.75, 3.05) is 38.5 Å². The number of carbonyl (C=O) groups excluding carboxylic acids is 1. The molecule has 0 saturated carbocycles. The van der Waals surface area contributed by atoms with Crippen molar-refractivity contribution in [2.24, 2.45) is 0 Å². The van der Waals surface area contributed by atoms with Crippen LogP contribution in [-0.2, 0) is 18.5 Å². The van der Waals surface area contributed by atoms with E-state index in [9.17, 15) is 4.79 Å². The number of aromatic nitrogens is 2. The highest BCUT2D eigenvalue weighted by atomic mass is 16.1. The minimum absolute atomic E-state index is 0.0694. The van der Waals surface area contributed by atoms with Gasteiger partial charge in [-0.25, -0.2) is 4.98 Å². The summed E-state index contributed by atoms with van der Waals surface area (Å²) in [5, 5.41) is 3.04. The fourth-order valence-corrected chi connectivity index (χ4v) is 4.26. The maximum absolute atomic E-state index is 12.8. The van der Waals surface area contributed by atoms with Crippen LogP contribution in [0.2, 0.25) is 0 Å². The highest BCUT2D eigenvalue weighted by Crippen LogP contribution is 2.24. The molecule has 1 saturated heterocycles. The molecule has 6 heteroatoms. The number of nitrogens with one attached hydrogen (secondary N) is 1. The second-order valence-corrected chi connectivity index (χ2v) is 9.84. The van der Waals surface area contributed by atoms with Crippen molar-refractivity contribution >= 4 is 22.6 Å². The highest BCUT2D eigenvalue weighted by molar-refractivity contribution is 6.05. The lowest BCUT2D eigenvalue weighted by molar-refractivity contribution is 0.102. The Morgan fingerprint density at radius 2 is 1.72 bits per heavy atom. The molecule has 2 aromatic carbocycles. The molecule has 170 valence electrons. The summed E-state index contributed by atoms with van der Waals surface area (Å²) in [5.41, 5.74) is 4.76. The van der Waals surface area contributed by atoms with Crippen molar-refractivity contribution in [1.82, 2.24) is 19.4 Å². The van der Waals surface area contributed by atoms with Crippen molar-refractivity contribution in [3.8, 4) is 0 Å². The van der Waals surface area contributed by atoms with E-state index >= 15 is 0 Å². The fourth-order valence-electron chi connectivity index (χ4n) is 4.26. The summed E-state index contributed by atoms with van der Waals surface area (Å²) in [6.45, 7) is 14.7. The molecular weight excluding hydrogens is 398 g/mol. The van der Waals surface area contributed by atoms with Crippen LogP contribution in [0, 0.1) is 0 Å². The normalized spacial score (nSPS) is 15.9. The standard InChI is InChI=1S/C26H35N5O/c1-6-31-23-12-11-21(27-25(32)19-7-9-20(10-8-19)26(2,3)4)17-22(23)28-24(31)18-30-15-13-29(5)14-16-30/h7-12,17H,6,13-16,18H2,1-5H3,(H,27,32). The van der Waals surface area contributed by atoms with Crippen LogP contribution in [0.3, 0.4) is 0 Å². The van der Waals surface area contributed by atoms with Gasteiger partial charge in [0, 0.05) is 44.0 Å². The molecule has 0 spiro atoms. The Morgan fingerprint density at radius 3 is 2.34 bits per heavy atom. The molecule has 1 amide bonds. The van der Waals surface area contributed by atoms with Crippen LogP contribution >= 0.6 is 0 Å². The molecule has 1 aliphatic heterocycles. The average molecular weight is 434 g/mol. The maximum Gasteiger partial charge on any atom is 0.255 e. The minimum atomic E-state index is -0.0996. The summed E-state index contributed by atoms with van der Waals surface area (Å²) in [6, 6.07) is 13.9. The van der Waals surface area contributed by atoms with Gasteiger partial charge in [0.1, 0.15) is 5.82 Å². The number of benzene rings is 2. The van der Waals surface area contributed by atoms with Crippen molar-refractivity contribution in [2.45, 2.75) is 46.2 Å². The lowest BCUT2D eigenvalue weighted by atomic mass is 9.87. The maximum atomic E-state index is 12.8. The smallest absolute Gasteiger partial charge is 0.255 e. The van der Waals surface area contributed by atoms with E-state index in [1.54, 1.807) is 0 Å². The summed E-state index contributed by atoms with van der Waals surface area (Å²) < 4.78 is 2.28. The molecule has 1 N–H and O–H groups in total. The second-order valence-electron chi connectivity index (χ2n) is 9.84. The third-order valence-electron chi connectivity index (χ3n) is 6.38. The van der Waals surface area contributed by atoms with Crippen molar-refractivity contribution in [1.29, 1.82) is 0 Å². The predicted molar refractivity (Wildman–Crippen MR) is 131 cm³/mol. The van der Waals surface area contributed by atoms with Crippen LogP contribution in [0.5, 0.6) is 0 Å². The molecule has 0 radical (unpaired) electrons. The molecule has 0 bridgehead atoms. The first-order valence-corrected chi connectivity index (χ1v) is 11.6. The number of likely N-dealkylation sites (N-methyl/N-ethyl adjacent to an activating group) is 1. The monoisotopic (exact) mass is 433 g/mol. The van der Waals surface area contributed by atoms with E-state index in [0.29, 0.717) is 5.56 Å². The van der Waals surface area contributed by atoms with E-state index in [0.717, 1.165) is 61.8 Å². The Bertz CT molecular complexity index is 1090. The molecule has 1 fully saturated rings. The zero-order valence-electron chi connectivity index (χ0n) is 20.0. The third kappa shape index (κ3) is 4.87. The molecule has 2 heterocycles. The van der Waals surface area contributed by atoms with Gasteiger partial charge in [-0.1, -0.05) is 32.9 Å². The lowest BCUT2D eigenvalue weighted by Gasteiger charge is -2.32. The molecule has 1 aliphatic rings. The molecule has 32 heavy (non-hydrogen) atoms. The largest absolute Gasteiger partial charge is 0.327 e. The Morgan fingerprint density at radius 1 is 1.03 bits per heavy atom. The van der Waals surface area contributed by atoms with E-state index < -0.39 is 0 Å². The fraction of sp³-hybridized carbons (Fsp3) is 0.462. The Hall–Kier alpha value is -2.70. The summed E-state index contributed by atoms with van der Waals surface area (Å²) >= 11 is 0. The van der Waals surface area contributed by atoms with Gasteiger partial charge in [-0.15, -0.1) is 0 Å². The van der Waals surface area contributed by atoms with Gasteiger partial charge in [0.05, 0.1) is 17.6 Å². The third-order valence-corrected chi connectivity index (χ3v) is 6.38. The Balaban J connectivity index is 1.51. The van der Waals surface area contributed by atoms with Gasteiger partial charge in [0.25, 0.3) is 5.91 Å². The van der Waals surface area contributed by atoms with Crippen LogP contribution < -0.4 is 5.32 Å².